The molecule has 1 unspecified atom stereocenters. The molecule has 0 bridgehead atoms. The molecule has 1 heterocycles. The molecule has 1 aliphatic heterocycles. The third kappa shape index (κ3) is 4.06. The van der Waals surface area contributed by atoms with Crippen molar-refractivity contribution in [2.45, 2.75) is 32.7 Å². The van der Waals surface area contributed by atoms with Gasteiger partial charge in [0.25, 0.3) is 0 Å². The second-order valence-corrected chi connectivity index (χ2v) is 5.59. The Balaban J connectivity index is 1.87. The fourth-order valence-electron chi connectivity index (χ4n) is 2.63. The number of hydrogen-bond donors (Lipinski definition) is 1. The van der Waals surface area contributed by atoms with Crippen molar-refractivity contribution in [3.8, 4) is 0 Å². The summed E-state index contributed by atoms with van der Waals surface area (Å²) in [6.45, 7) is 4.90. The van der Waals surface area contributed by atoms with Crippen LogP contribution in [0.2, 0.25) is 0 Å². The zero-order valence-corrected chi connectivity index (χ0v) is 12.0. The Morgan fingerprint density at radius 3 is 2.89 bits per heavy atom. The molecular formula is C16H24N2O. The van der Waals surface area contributed by atoms with Crippen LogP contribution in [0.3, 0.4) is 0 Å². The fourth-order valence-corrected chi connectivity index (χ4v) is 2.63. The van der Waals surface area contributed by atoms with Crippen LogP contribution in [-0.4, -0.2) is 30.9 Å². The van der Waals surface area contributed by atoms with Gasteiger partial charge in [0.05, 0.1) is 0 Å². The van der Waals surface area contributed by atoms with Crippen LogP contribution in [0, 0.1) is 12.8 Å². The molecule has 0 aliphatic carbocycles. The first kappa shape index (κ1) is 14.1. The number of rotatable bonds is 4. The van der Waals surface area contributed by atoms with Crippen molar-refractivity contribution < 1.29 is 4.79 Å². The number of carbonyl (C=O) groups excluding carboxylic acids is 1. The summed E-state index contributed by atoms with van der Waals surface area (Å²) in [5.74, 6) is 0.775. The Hall–Kier alpha value is -1.35. The largest absolute Gasteiger partial charge is 0.341 e. The zero-order chi connectivity index (χ0) is 13.7. The Kier molecular flexibility index (Phi) is 4.97. The first-order chi connectivity index (χ1) is 9.16. The summed E-state index contributed by atoms with van der Waals surface area (Å²) in [6.07, 6.45) is 3.05. The molecule has 0 aromatic heterocycles. The molecule has 2 rings (SSSR count). The van der Waals surface area contributed by atoms with Gasteiger partial charge in [-0.3, -0.25) is 4.79 Å². The van der Waals surface area contributed by atoms with E-state index >= 15 is 0 Å². The number of hydrogen-bond acceptors (Lipinski definition) is 2. The molecule has 0 spiro atoms. The van der Waals surface area contributed by atoms with Gasteiger partial charge in [-0.1, -0.05) is 24.3 Å². The number of piperidine rings is 1. The maximum Gasteiger partial charge on any atom is 0.222 e. The number of aryl methyl sites for hydroxylation is 1. The van der Waals surface area contributed by atoms with Crippen LogP contribution in [0.1, 0.15) is 30.4 Å². The van der Waals surface area contributed by atoms with Crippen molar-refractivity contribution in [1.29, 1.82) is 0 Å². The summed E-state index contributed by atoms with van der Waals surface area (Å²) in [7, 11) is 1.91. The van der Waals surface area contributed by atoms with Crippen LogP contribution in [0.25, 0.3) is 0 Å². The lowest BCUT2D eigenvalue weighted by atomic mass is 9.95. The van der Waals surface area contributed by atoms with Crippen molar-refractivity contribution in [2.24, 2.45) is 5.92 Å². The number of carbonyl (C=O) groups is 1. The third-order valence-electron chi connectivity index (χ3n) is 3.96. The van der Waals surface area contributed by atoms with Crippen LogP contribution in [0.15, 0.2) is 24.3 Å². The van der Waals surface area contributed by atoms with Crippen molar-refractivity contribution >= 4 is 5.91 Å². The van der Waals surface area contributed by atoms with E-state index < -0.39 is 0 Å². The predicted molar refractivity (Wildman–Crippen MR) is 77.9 cm³/mol. The molecule has 1 atom stereocenters. The topological polar surface area (TPSA) is 32.3 Å². The van der Waals surface area contributed by atoms with Gasteiger partial charge >= 0.3 is 0 Å². The van der Waals surface area contributed by atoms with E-state index in [4.69, 9.17) is 0 Å². The summed E-state index contributed by atoms with van der Waals surface area (Å²) in [6, 6.07) is 8.26. The molecule has 1 aromatic rings. The van der Waals surface area contributed by atoms with Crippen LogP contribution in [0.5, 0.6) is 0 Å². The van der Waals surface area contributed by atoms with E-state index in [0.717, 1.165) is 13.1 Å². The summed E-state index contributed by atoms with van der Waals surface area (Å²) in [5, 5.41) is 3.37. The molecule has 1 aliphatic rings. The lowest BCUT2D eigenvalue weighted by Gasteiger charge is -2.25. The minimum Gasteiger partial charge on any atom is -0.341 e. The molecule has 3 nitrogen and oxygen atoms in total. The van der Waals surface area contributed by atoms with Gasteiger partial charge in [-0.15, -0.1) is 0 Å². The van der Waals surface area contributed by atoms with Gasteiger partial charge in [-0.2, -0.15) is 0 Å². The van der Waals surface area contributed by atoms with E-state index in [9.17, 15) is 4.79 Å². The van der Waals surface area contributed by atoms with Crippen LogP contribution >= 0.6 is 0 Å². The van der Waals surface area contributed by atoms with Crippen molar-refractivity contribution in [3.63, 3.8) is 0 Å². The van der Waals surface area contributed by atoms with Gasteiger partial charge in [0, 0.05) is 20.0 Å². The van der Waals surface area contributed by atoms with Crippen LogP contribution < -0.4 is 5.32 Å². The van der Waals surface area contributed by atoms with Gasteiger partial charge < -0.3 is 10.2 Å². The van der Waals surface area contributed by atoms with Crippen LogP contribution in [0.4, 0.5) is 0 Å². The SMILES string of the molecule is Cc1ccccc1CN(C)C(=O)CC1CCCNC1. The maximum absolute atomic E-state index is 12.2. The number of amides is 1. The second kappa shape index (κ2) is 6.71. The van der Waals surface area contributed by atoms with E-state index in [2.05, 4.69) is 24.4 Å². The Bertz CT molecular complexity index is 425. The van der Waals surface area contributed by atoms with E-state index in [0.29, 0.717) is 18.9 Å². The van der Waals surface area contributed by atoms with Crippen LogP contribution in [-0.2, 0) is 11.3 Å². The molecule has 1 amide bonds. The van der Waals surface area contributed by atoms with Crippen molar-refractivity contribution in [2.75, 3.05) is 20.1 Å². The molecule has 1 N–H and O–H groups in total. The summed E-state index contributed by atoms with van der Waals surface area (Å²) in [5.41, 5.74) is 2.49. The highest BCUT2D eigenvalue weighted by Gasteiger charge is 2.19. The number of benzene rings is 1. The summed E-state index contributed by atoms with van der Waals surface area (Å²) < 4.78 is 0. The standard InChI is InChI=1S/C16H24N2O/c1-13-6-3-4-8-15(13)12-18(2)16(19)10-14-7-5-9-17-11-14/h3-4,6,8,14,17H,5,7,9-12H2,1-2H3. The molecule has 19 heavy (non-hydrogen) atoms. The minimum absolute atomic E-state index is 0.261. The van der Waals surface area contributed by atoms with E-state index in [1.165, 1.54) is 24.0 Å². The molecule has 0 saturated carbocycles. The third-order valence-corrected chi connectivity index (χ3v) is 3.96. The number of nitrogens with zero attached hydrogens (tertiary/aromatic N) is 1. The number of nitrogens with one attached hydrogen (secondary N) is 1. The Morgan fingerprint density at radius 2 is 2.21 bits per heavy atom. The Labute approximate surface area is 116 Å². The average molecular weight is 260 g/mol. The van der Waals surface area contributed by atoms with E-state index in [1.807, 2.05) is 24.1 Å². The normalized spacial score (nSPS) is 19.2. The Morgan fingerprint density at radius 1 is 1.42 bits per heavy atom. The molecule has 0 radical (unpaired) electrons. The average Bonchev–Trinajstić information content (AvgIpc) is 2.42. The molecule has 104 valence electrons. The first-order valence-corrected chi connectivity index (χ1v) is 7.16. The lowest BCUT2D eigenvalue weighted by Crippen LogP contribution is -2.35. The van der Waals surface area contributed by atoms with E-state index in [1.54, 1.807) is 0 Å². The van der Waals surface area contributed by atoms with Crippen molar-refractivity contribution in [1.82, 2.24) is 10.2 Å². The molecular weight excluding hydrogens is 236 g/mol. The predicted octanol–water partition coefficient (Wildman–Crippen LogP) is 2.34. The molecule has 1 fully saturated rings. The fraction of sp³-hybridized carbons (Fsp3) is 0.562. The van der Waals surface area contributed by atoms with E-state index in [-0.39, 0.29) is 5.91 Å². The van der Waals surface area contributed by atoms with Gasteiger partial charge in [0.15, 0.2) is 0 Å². The van der Waals surface area contributed by atoms with Crippen molar-refractivity contribution in [3.05, 3.63) is 35.4 Å². The highest BCUT2D eigenvalue weighted by atomic mass is 16.2. The minimum atomic E-state index is 0.261. The smallest absolute Gasteiger partial charge is 0.222 e. The molecule has 3 heteroatoms. The van der Waals surface area contributed by atoms with Gasteiger partial charge in [0.2, 0.25) is 5.91 Å². The highest BCUT2D eigenvalue weighted by Crippen LogP contribution is 2.16. The monoisotopic (exact) mass is 260 g/mol. The first-order valence-electron chi connectivity index (χ1n) is 7.16. The van der Waals surface area contributed by atoms with Gasteiger partial charge in [0.1, 0.15) is 0 Å². The zero-order valence-electron chi connectivity index (χ0n) is 12.0. The van der Waals surface area contributed by atoms with Gasteiger partial charge in [-0.05, 0) is 49.9 Å². The lowest BCUT2D eigenvalue weighted by molar-refractivity contribution is -0.131. The quantitative estimate of drug-likeness (QED) is 0.901. The second-order valence-electron chi connectivity index (χ2n) is 5.59. The summed E-state index contributed by atoms with van der Waals surface area (Å²) >= 11 is 0. The van der Waals surface area contributed by atoms with Gasteiger partial charge in [-0.25, -0.2) is 0 Å². The highest BCUT2D eigenvalue weighted by molar-refractivity contribution is 5.76. The molecule has 1 saturated heterocycles. The maximum atomic E-state index is 12.2. The summed E-state index contributed by atoms with van der Waals surface area (Å²) in [4.78, 5) is 14.1. The molecule has 1 aromatic carbocycles.